The first-order valence-electron chi connectivity index (χ1n) is 5.47. The molecule has 0 aromatic carbocycles. The third-order valence-corrected chi connectivity index (χ3v) is 5.66. The minimum atomic E-state index is 0.436. The predicted octanol–water partition coefficient (Wildman–Crippen LogP) is 2.74. The molecule has 0 saturated carbocycles. The molecule has 3 nitrogen and oxygen atoms in total. The van der Waals surface area contributed by atoms with Crippen molar-refractivity contribution < 1.29 is 0 Å². The third kappa shape index (κ3) is 2.63. The summed E-state index contributed by atoms with van der Waals surface area (Å²) >= 11 is 4.00. The van der Waals surface area contributed by atoms with Crippen LogP contribution in [0.2, 0.25) is 0 Å². The van der Waals surface area contributed by atoms with Gasteiger partial charge in [-0.25, -0.2) is 9.97 Å². The van der Waals surface area contributed by atoms with Gasteiger partial charge in [0.2, 0.25) is 0 Å². The fourth-order valence-electron chi connectivity index (χ4n) is 1.76. The van der Waals surface area contributed by atoms with Gasteiger partial charge < -0.3 is 5.32 Å². The molecule has 2 unspecified atom stereocenters. The van der Waals surface area contributed by atoms with Crippen molar-refractivity contribution in [3.63, 3.8) is 0 Å². The maximum atomic E-state index is 4.57. The standard InChI is InChI=1S/C11H17N3S2/c1-7-6-9(12-3)14-11(13-7)10-8(2)15-4-5-16-10/h6,8,10H,4-5H2,1-3H3,(H,12,13,14). The average molecular weight is 255 g/mol. The Morgan fingerprint density at radius 3 is 2.75 bits per heavy atom. The lowest BCUT2D eigenvalue weighted by Gasteiger charge is -2.26. The summed E-state index contributed by atoms with van der Waals surface area (Å²) in [5.41, 5.74) is 1.04. The van der Waals surface area contributed by atoms with E-state index in [1.165, 1.54) is 11.5 Å². The summed E-state index contributed by atoms with van der Waals surface area (Å²) in [6.45, 7) is 4.30. The van der Waals surface area contributed by atoms with Crippen molar-refractivity contribution in [3.05, 3.63) is 17.6 Å². The second-order valence-electron chi connectivity index (χ2n) is 3.87. The number of aromatic nitrogens is 2. The SMILES string of the molecule is CNc1cc(C)nc(C2SCCSC2C)n1. The second kappa shape index (κ2) is 5.27. The number of hydrogen-bond donors (Lipinski definition) is 1. The molecule has 1 saturated heterocycles. The van der Waals surface area contributed by atoms with E-state index in [1.807, 2.05) is 43.6 Å². The zero-order valence-corrected chi connectivity index (χ0v) is 11.5. The molecule has 5 heteroatoms. The van der Waals surface area contributed by atoms with Crippen LogP contribution in [0.25, 0.3) is 0 Å². The Hall–Kier alpha value is -0.420. The lowest BCUT2D eigenvalue weighted by molar-refractivity contribution is 0.816. The van der Waals surface area contributed by atoms with Crippen molar-refractivity contribution in [2.45, 2.75) is 24.3 Å². The van der Waals surface area contributed by atoms with Crippen molar-refractivity contribution in [1.82, 2.24) is 9.97 Å². The molecule has 16 heavy (non-hydrogen) atoms. The van der Waals surface area contributed by atoms with E-state index in [4.69, 9.17) is 0 Å². The molecule has 0 bridgehead atoms. The molecular weight excluding hydrogens is 238 g/mol. The highest BCUT2D eigenvalue weighted by molar-refractivity contribution is 8.06. The van der Waals surface area contributed by atoms with Crippen molar-refractivity contribution in [2.75, 3.05) is 23.9 Å². The maximum absolute atomic E-state index is 4.57. The molecule has 88 valence electrons. The number of thioether (sulfide) groups is 2. The molecular formula is C11H17N3S2. The van der Waals surface area contributed by atoms with Gasteiger partial charge in [-0.3, -0.25) is 0 Å². The quantitative estimate of drug-likeness (QED) is 0.879. The molecule has 1 aromatic heterocycles. The first-order chi connectivity index (χ1) is 7.70. The van der Waals surface area contributed by atoms with Crippen LogP contribution in [0.15, 0.2) is 6.07 Å². The first-order valence-corrected chi connectivity index (χ1v) is 7.57. The van der Waals surface area contributed by atoms with Gasteiger partial charge in [-0.1, -0.05) is 6.92 Å². The van der Waals surface area contributed by atoms with Crippen molar-refractivity contribution >= 4 is 29.3 Å². The van der Waals surface area contributed by atoms with Crippen LogP contribution in [-0.4, -0.2) is 33.8 Å². The fourth-order valence-corrected chi connectivity index (χ4v) is 4.45. The van der Waals surface area contributed by atoms with Gasteiger partial charge in [-0.2, -0.15) is 11.8 Å². The average Bonchev–Trinajstić information content (AvgIpc) is 2.28. The largest absolute Gasteiger partial charge is 0.373 e. The number of anilines is 1. The van der Waals surface area contributed by atoms with Crippen LogP contribution in [0.5, 0.6) is 0 Å². The van der Waals surface area contributed by atoms with Gasteiger partial charge in [0.1, 0.15) is 11.6 Å². The Balaban J connectivity index is 2.27. The number of nitrogens with zero attached hydrogens (tertiary/aromatic N) is 2. The van der Waals surface area contributed by atoms with Gasteiger partial charge >= 0.3 is 0 Å². The summed E-state index contributed by atoms with van der Waals surface area (Å²) < 4.78 is 0. The molecule has 1 fully saturated rings. The summed E-state index contributed by atoms with van der Waals surface area (Å²) in [5, 5.41) is 4.13. The topological polar surface area (TPSA) is 37.8 Å². The molecule has 1 aliphatic rings. The van der Waals surface area contributed by atoms with E-state index in [9.17, 15) is 0 Å². The molecule has 0 amide bonds. The number of nitrogens with one attached hydrogen (secondary N) is 1. The van der Waals surface area contributed by atoms with Crippen LogP contribution in [0.4, 0.5) is 5.82 Å². The summed E-state index contributed by atoms with van der Waals surface area (Å²) in [6.07, 6.45) is 0. The van der Waals surface area contributed by atoms with Gasteiger partial charge in [-0.05, 0) is 6.92 Å². The van der Waals surface area contributed by atoms with Crippen molar-refractivity contribution in [1.29, 1.82) is 0 Å². The Bertz CT molecular complexity index is 370. The van der Waals surface area contributed by atoms with Crippen LogP contribution < -0.4 is 5.32 Å². The monoisotopic (exact) mass is 255 g/mol. The second-order valence-corrected chi connectivity index (χ2v) is 6.60. The lowest BCUT2D eigenvalue weighted by atomic mass is 10.3. The Labute approximate surface area is 105 Å². The zero-order valence-electron chi connectivity index (χ0n) is 9.86. The first kappa shape index (κ1) is 12.0. The zero-order chi connectivity index (χ0) is 11.5. The van der Waals surface area contributed by atoms with Crippen LogP contribution in [0, 0.1) is 6.92 Å². The molecule has 0 aliphatic carbocycles. The predicted molar refractivity (Wildman–Crippen MR) is 73.4 cm³/mol. The number of hydrogen-bond acceptors (Lipinski definition) is 5. The maximum Gasteiger partial charge on any atom is 0.145 e. The van der Waals surface area contributed by atoms with Crippen LogP contribution in [0.1, 0.15) is 23.7 Å². The summed E-state index contributed by atoms with van der Waals surface area (Å²) in [5.74, 6) is 4.35. The number of aryl methyl sites for hydroxylation is 1. The Morgan fingerprint density at radius 1 is 1.31 bits per heavy atom. The van der Waals surface area contributed by atoms with Gasteiger partial charge in [-0.15, -0.1) is 11.8 Å². The Kier molecular flexibility index (Phi) is 3.97. The molecule has 2 heterocycles. The minimum Gasteiger partial charge on any atom is -0.373 e. The van der Waals surface area contributed by atoms with E-state index in [0.717, 1.165) is 17.3 Å². The molecule has 1 N–H and O–H groups in total. The molecule has 1 aromatic rings. The minimum absolute atomic E-state index is 0.436. The molecule has 2 rings (SSSR count). The van der Waals surface area contributed by atoms with E-state index in [-0.39, 0.29) is 0 Å². The molecule has 0 spiro atoms. The summed E-state index contributed by atoms with van der Waals surface area (Å²) in [4.78, 5) is 9.14. The summed E-state index contributed by atoms with van der Waals surface area (Å²) in [6, 6.07) is 1.98. The van der Waals surface area contributed by atoms with Crippen LogP contribution >= 0.6 is 23.5 Å². The van der Waals surface area contributed by atoms with E-state index >= 15 is 0 Å². The number of rotatable bonds is 2. The van der Waals surface area contributed by atoms with Gasteiger partial charge in [0.05, 0.1) is 5.25 Å². The van der Waals surface area contributed by atoms with E-state index in [1.54, 1.807) is 0 Å². The van der Waals surface area contributed by atoms with Crippen molar-refractivity contribution in [2.24, 2.45) is 0 Å². The highest BCUT2D eigenvalue weighted by Gasteiger charge is 2.26. The molecule has 1 aliphatic heterocycles. The molecule has 0 radical (unpaired) electrons. The van der Waals surface area contributed by atoms with Gasteiger partial charge in [0.15, 0.2) is 0 Å². The summed E-state index contributed by atoms with van der Waals surface area (Å²) in [7, 11) is 1.90. The molecule has 2 atom stereocenters. The smallest absolute Gasteiger partial charge is 0.145 e. The highest BCUT2D eigenvalue weighted by atomic mass is 32.2. The van der Waals surface area contributed by atoms with Gasteiger partial charge in [0, 0.05) is 35.6 Å². The van der Waals surface area contributed by atoms with Crippen LogP contribution in [-0.2, 0) is 0 Å². The van der Waals surface area contributed by atoms with Gasteiger partial charge in [0.25, 0.3) is 0 Å². The lowest BCUT2D eigenvalue weighted by Crippen LogP contribution is -2.18. The van der Waals surface area contributed by atoms with Crippen LogP contribution in [0.3, 0.4) is 0 Å². The third-order valence-electron chi connectivity index (χ3n) is 2.57. The highest BCUT2D eigenvalue weighted by Crippen LogP contribution is 2.41. The Morgan fingerprint density at radius 2 is 2.06 bits per heavy atom. The fraction of sp³-hybridized carbons (Fsp3) is 0.636. The van der Waals surface area contributed by atoms with E-state index < -0.39 is 0 Å². The van der Waals surface area contributed by atoms with E-state index in [2.05, 4.69) is 22.2 Å². The van der Waals surface area contributed by atoms with Crippen molar-refractivity contribution in [3.8, 4) is 0 Å². The van der Waals surface area contributed by atoms with E-state index in [0.29, 0.717) is 10.5 Å². The normalized spacial score (nSPS) is 25.4.